The molecule has 0 saturated carbocycles. The smallest absolute Gasteiger partial charge is 0.251 e. The molecule has 0 bridgehead atoms. The van der Waals surface area contributed by atoms with Gasteiger partial charge in [0.25, 0.3) is 5.91 Å². The Labute approximate surface area is 171 Å². The third kappa shape index (κ3) is 4.72. The number of nitrogens with one attached hydrogen (secondary N) is 1. The lowest BCUT2D eigenvalue weighted by molar-refractivity contribution is 0.0939. The molecule has 1 N–H and O–H groups in total. The third-order valence-corrected chi connectivity index (χ3v) is 7.02. The van der Waals surface area contributed by atoms with Gasteiger partial charge in [-0.2, -0.15) is 4.31 Å². The summed E-state index contributed by atoms with van der Waals surface area (Å²) in [7, 11) is -1.65. The second-order valence-corrected chi connectivity index (χ2v) is 9.36. The molecule has 1 atom stereocenters. The zero-order chi connectivity index (χ0) is 20.3. The van der Waals surface area contributed by atoms with Crippen LogP contribution in [0, 0.1) is 0 Å². The van der Waals surface area contributed by atoms with Crippen LogP contribution in [0.25, 0.3) is 0 Å². The van der Waals surface area contributed by atoms with Gasteiger partial charge in [-0.1, -0.05) is 29.8 Å². The van der Waals surface area contributed by atoms with E-state index in [-0.39, 0.29) is 16.8 Å². The summed E-state index contributed by atoms with van der Waals surface area (Å²) < 4.78 is 27.3. The summed E-state index contributed by atoms with van der Waals surface area (Å²) in [6, 6.07) is 13.2. The van der Waals surface area contributed by atoms with E-state index >= 15 is 0 Å². The predicted molar refractivity (Wildman–Crippen MR) is 110 cm³/mol. The fourth-order valence-electron chi connectivity index (χ4n) is 3.11. The molecule has 3 rings (SSSR count). The topological polar surface area (TPSA) is 69.7 Å². The average molecular weight is 422 g/mol. The Morgan fingerprint density at radius 2 is 1.75 bits per heavy atom. The molecule has 1 saturated heterocycles. The van der Waals surface area contributed by atoms with Gasteiger partial charge in [-0.25, -0.2) is 8.42 Å². The van der Waals surface area contributed by atoms with Crippen LogP contribution in [-0.4, -0.2) is 56.8 Å². The highest BCUT2D eigenvalue weighted by Crippen LogP contribution is 2.20. The van der Waals surface area contributed by atoms with Crippen molar-refractivity contribution < 1.29 is 13.2 Å². The molecule has 150 valence electrons. The van der Waals surface area contributed by atoms with E-state index in [2.05, 4.69) is 10.2 Å². The molecule has 1 amide bonds. The number of sulfonamides is 1. The van der Waals surface area contributed by atoms with E-state index in [0.29, 0.717) is 36.8 Å². The summed E-state index contributed by atoms with van der Waals surface area (Å²) in [6.07, 6.45) is 0. The van der Waals surface area contributed by atoms with E-state index < -0.39 is 10.0 Å². The van der Waals surface area contributed by atoms with Crippen molar-refractivity contribution in [2.45, 2.75) is 17.9 Å². The Morgan fingerprint density at radius 1 is 1.07 bits per heavy atom. The Morgan fingerprint density at radius 3 is 2.43 bits per heavy atom. The lowest BCUT2D eigenvalue weighted by Gasteiger charge is -2.31. The third-order valence-electron chi connectivity index (χ3n) is 4.89. The van der Waals surface area contributed by atoms with Crippen LogP contribution in [0.15, 0.2) is 53.4 Å². The standard InChI is InChI=1S/C20H24ClN3O3S/c1-15(16-5-3-7-18(21)13-16)22-20(25)17-6-4-8-19(14-17)28(26,27)24-11-9-23(2)10-12-24/h3-8,13-15H,9-12H2,1-2H3,(H,22,25). The van der Waals surface area contributed by atoms with Gasteiger partial charge in [-0.3, -0.25) is 4.79 Å². The van der Waals surface area contributed by atoms with Crippen LogP contribution in [0.5, 0.6) is 0 Å². The Hall–Kier alpha value is -1.93. The SMILES string of the molecule is CC(NC(=O)c1cccc(S(=O)(=O)N2CCN(C)CC2)c1)c1cccc(Cl)c1. The first-order chi connectivity index (χ1) is 13.3. The number of carbonyl (C=O) groups excluding carboxylic acids is 1. The monoisotopic (exact) mass is 421 g/mol. The maximum atomic E-state index is 12.9. The number of hydrogen-bond donors (Lipinski definition) is 1. The predicted octanol–water partition coefficient (Wildman–Crippen LogP) is 2.77. The van der Waals surface area contributed by atoms with Crippen molar-refractivity contribution in [3.8, 4) is 0 Å². The van der Waals surface area contributed by atoms with Gasteiger partial charge >= 0.3 is 0 Å². The van der Waals surface area contributed by atoms with E-state index in [9.17, 15) is 13.2 Å². The molecule has 6 nitrogen and oxygen atoms in total. The number of halogens is 1. The fourth-order valence-corrected chi connectivity index (χ4v) is 4.78. The van der Waals surface area contributed by atoms with Gasteiger partial charge in [0, 0.05) is 36.8 Å². The second kappa shape index (κ2) is 8.61. The van der Waals surface area contributed by atoms with E-state index in [1.54, 1.807) is 24.3 Å². The molecule has 2 aromatic carbocycles. The van der Waals surface area contributed by atoms with Crippen molar-refractivity contribution in [3.63, 3.8) is 0 Å². The number of carbonyl (C=O) groups is 1. The van der Waals surface area contributed by atoms with Crippen LogP contribution in [0.3, 0.4) is 0 Å². The largest absolute Gasteiger partial charge is 0.346 e. The van der Waals surface area contributed by atoms with E-state index in [4.69, 9.17) is 11.6 Å². The van der Waals surface area contributed by atoms with Crippen molar-refractivity contribution >= 4 is 27.5 Å². The number of benzene rings is 2. The maximum Gasteiger partial charge on any atom is 0.251 e. The quantitative estimate of drug-likeness (QED) is 0.805. The summed E-state index contributed by atoms with van der Waals surface area (Å²) in [6.45, 7) is 4.13. The number of amides is 1. The molecular weight excluding hydrogens is 398 g/mol. The van der Waals surface area contributed by atoms with Crippen molar-refractivity contribution in [2.24, 2.45) is 0 Å². The molecule has 2 aromatic rings. The minimum absolute atomic E-state index is 0.139. The molecule has 0 aliphatic carbocycles. The van der Waals surface area contributed by atoms with Gasteiger partial charge in [-0.15, -0.1) is 0 Å². The summed E-state index contributed by atoms with van der Waals surface area (Å²) in [5.41, 5.74) is 1.19. The molecular formula is C20H24ClN3O3S. The Kier molecular flexibility index (Phi) is 6.40. The van der Waals surface area contributed by atoms with E-state index in [1.165, 1.54) is 16.4 Å². The van der Waals surface area contributed by atoms with Crippen LogP contribution in [0.1, 0.15) is 28.9 Å². The number of likely N-dealkylation sites (N-methyl/N-ethyl adjacent to an activating group) is 1. The normalized spacial score (nSPS) is 17.2. The van der Waals surface area contributed by atoms with Gasteiger partial charge in [0.15, 0.2) is 0 Å². The highest BCUT2D eigenvalue weighted by Gasteiger charge is 2.28. The highest BCUT2D eigenvalue weighted by molar-refractivity contribution is 7.89. The number of rotatable bonds is 5. The first-order valence-electron chi connectivity index (χ1n) is 9.12. The van der Waals surface area contributed by atoms with Gasteiger partial charge in [-0.05, 0) is 49.9 Å². The summed E-state index contributed by atoms with van der Waals surface area (Å²) in [5, 5.41) is 3.49. The first-order valence-corrected chi connectivity index (χ1v) is 10.9. The van der Waals surface area contributed by atoms with Crippen molar-refractivity contribution in [1.29, 1.82) is 0 Å². The molecule has 28 heavy (non-hydrogen) atoms. The van der Waals surface area contributed by atoms with Crippen LogP contribution in [0.2, 0.25) is 5.02 Å². The lowest BCUT2D eigenvalue weighted by Crippen LogP contribution is -2.47. The van der Waals surface area contributed by atoms with Gasteiger partial charge in [0.05, 0.1) is 10.9 Å². The maximum absolute atomic E-state index is 12.9. The highest BCUT2D eigenvalue weighted by atomic mass is 35.5. The van der Waals surface area contributed by atoms with Gasteiger partial charge in [0.2, 0.25) is 10.0 Å². The lowest BCUT2D eigenvalue weighted by atomic mass is 10.1. The van der Waals surface area contributed by atoms with Gasteiger partial charge in [0.1, 0.15) is 0 Å². The molecule has 0 radical (unpaired) electrons. The summed E-state index contributed by atoms with van der Waals surface area (Å²) in [4.78, 5) is 14.9. The number of piperazine rings is 1. The summed E-state index contributed by atoms with van der Waals surface area (Å²) >= 11 is 6.01. The molecule has 1 aliphatic heterocycles. The van der Waals surface area contributed by atoms with Crippen molar-refractivity contribution in [2.75, 3.05) is 33.2 Å². The molecule has 0 aromatic heterocycles. The molecule has 1 unspecified atom stereocenters. The molecule has 1 heterocycles. The number of hydrogen-bond acceptors (Lipinski definition) is 4. The minimum Gasteiger partial charge on any atom is -0.346 e. The molecule has 8 heteroatoms. The first kappa shape index (κ1) is 20.8. The summed E-state index contributed by atoms with van der Waals surface area (Å²) in [5.74, 6) is -0.331. The molecule has 1 aliphatic rings. The molecule has 0 spiro atoms. The van der Waals surface area contributed by atoms with Crippen LogP contribution >= 0.6 is 11.6 Å². The second-order valence-electron chi connectivity index (χ2n) is 6.99. The van der Waals surface area contributed by atoms with Crippen molar-refractivity contribution in [1.82, 2.24) is 14.5 Å². The van der Waals surface area contributed by atoms with Gasteiger partial charge < -0.3 is 10.2 Å². The minimum atomic E-state index is -3.62. The Balaban J connectivity index is 1.76. The van der Waals surface area contributed by atoms with Crippen LogP contribution in [0.4, 0.5) is 0 Å². The van der Waals surface area contributed by atoms with E-state index in [1.807, 2.05) is 26.1 Å². The fraction of sp³-hybridized carbons (Fsp3) is 0.350. The van der Waals surface area contributed by atoms with E-state index in [0.717, 1.165) is 5.56 Å². The zero-order valence-corrected chi connectivity index (χ0v) is 17.5. The Bertz CT molecular complexity index is 957. The zero-order valence-electron chi connectivity index (χ0n) is 15.9. The number of nitrogens with zero attached hydrogens (tertiary/aromatic N) is 2. The van der Waals surface area contributed by atoms with Crippen LogP contribution < -0.4 is 5.32 Å². The van der Waals surface area contributed by atoms with Crippen molar-refractivity contribution in [3.05, 3.63) is 64.7 Å². The molecule has 1 fully saturated rings. The average Bonchev–Trinajstić information content (AvgIpc) is 2.68. The van der Waals surface area contributed by atoms with Crippen LogP contribution in [-0.2, 0) is 10.0 Å².